The molecule has 0 amide bonds. The van der Waals surface area contributed by atoms with E-state index in [0.717, 1.165) is 22.2 Å². The van der Waals surface area contributed by atoms with E-state index in [2.05, 4.69) is 5.32 Å². The Labute approximate surface area is 161 Å². The molecule has 0 unspecified atom stereocenters. The van der Waals surface area contributed by atoms with E-state index < -0.39 is 27.5 Å². The van der Waals surface area contributed by atoms with Crippen molar-refractivity contribution in [3.8, 4) is 5.75 Å². The van der Waals surface area contributed by atoms with Gasteiger partial charge in [-0.1, -0.05) is 6.07 Å². The number of hydrogen-bond donors (Lipinski definition) is 1. The van der Waals surface area contributed by atoms with Gasteiger partial charge in [0, 0.05) is 36.4 Å². The van der Waals surface area contributed by atoms with Crippen LogP contribution < -0.4 is 10.1 Å². The Balaban J connectivity index is 2.31. The van der Waals surface area contributed by atoms with Crippen LogP contribution in [0.5, 0.6) is 5.75 Å². The molecule has 0 radical (unpaired) electrons. The molecule has 0 spiro atoms. The molecule has 0 saturated heterocycles. The van der Waals surface area contributed by atoms with Crippen LogP contribution in [0.1, 0.15) is 24.1 Å². The van der Waals surface area contributed by atoms with Crippen LogP contribution in [0, 0.1) is 5.82 Å². The van der Waals surface area contributed by atoms with Crippen molar-refractivity contribution in [2.75, 3.05) is 14.2 Å². The Morgan fingerprint density at radius 3 is 2.57 bits per heavy atom. The van der Waals surface area contributed by atoms with E-state index in [0.29, 0.717) is 5.56 Å². The van der Waals surface area contributed by atoms with Gasteiger partial charge in [-0.25, -0.2) is 25.6 Å². The average Bonchev–Trinajstić information content (AvgIpc) is 3.01. The third-order valence-electron chi connectivity index (χ3n) is 4.40. The van der Waals surface area contributed by atoms with Crippen molar-refractivity contribution in [1.29, 1.82) is 0 Å². The number of ether oxygens (including phenoxy) is 1. The maximum absolute atomic E-state index is 14.6. The van der Waals surface area contributed by atoms with Crippen LogP contribution in [-0.4, -0.2) is 26.5 Å². The van der Waals surface area contributed by atoms with E-state index in [-0.39, 0.29) is 41.3 Å². The monoisotopic (exact) mass is 412 g/mol. The smallest absolute Gasteiger partial charge is 0.268 e. The van der Waals surface area contributed by atoms with Crippen molar-refractivity contribution in [3.63, 3.8) is 0 Å². The zero-order valence-corrected chi connectivity index (χ0v) is 16.1. The Bertz CT molecular complexity index is 1070. The lowest BCUT2D eigenvalue weighted by atomic mass is 9.99. The zero-order chi connectivity index (χ0) is 20.5. The summed E-state index contributed by atoms with van der Waals surface area (Å²) in [5, 5.41) is 2.89. The topological polar surface area (TPSA) is 60.3 Å². The number of nitrogens with one attached hydrogen (secondary N) is 1. The van der Waals surface area contributed by atoms with Crippen molar-refractivity contribution in [1.82, 2.24) is 9.29 Å². The van der Waals surface area contributed by atoms with Crippen LogP contribution in [-0.2, 0) is 16.6 Å². The molecule has 150 valence electrons. The molecule has 1 aromatic carbocycles. The minimum absolute atomic E-state index is 0.0144. The first-order chi connectivity index (χ1) is 13.3. The van der Waals surface area contributed by atoms with Crippen molar-refractivity contribution in [2.24, 2.45) is 0 Å². The Kier molecular flexibility index (Phi) is 5.66. The van der Waals surface area contributed by atoms with Crippen LogP contribution in [0.25, 0.3) is 5.57 Å². The minimum Gasteiger partial charge on any atom is -0.494 e. The molecule has 1 aliphatic carbocycles. The molecule has 1 heterocycles. The number of allylic oxidation sites excluding steroid dienone is 4. The normalized spacial score (nSPS) is 15.0. The highest BCUT2D eigenvalue weighted by Gasteiger charge is 2.30. The van der Waals surface area contributed by atoms with Gasteiger partial charge in [0.1, 0.15) is 28.9 Å². The fraction of sp³-hybridized carbons (Fsp3) is 0.263. The second-order valence-electron chi connectivity index (χ2n) is 6.24. The molecule has 28 heavy (non-hydrogen) atoms. The van der Waals surface area contributed by atoms with Crippen LogP contribution in [0.4, 0.5) is 13.2 Å². The molecule has 9 heteroatoms. The molecule has 1 aliphatic rings. The fourth-order valence-electron chi connectivity index (χ4n) is 3.15. The van der Waals surface area contributed by atoms with Gasteiger partial charge in [-0.05, 0) is 31.7 Å². The molecule has 2 aromatic rings. The highest BCUT2D eigenvalue weighted by Crippen LogP contribution is 2.41. The standard InChI is InChI=1S/C19H19F3N2O3S/c1-23-10-12-11-24(28(25,26)15-5-3-4-13(20)8-15)18(19(12)27-2)16-7-6-14(21)9-17(16)22/h3-5,8-9,11,23H,6-7,10H2,1-2H3. The van der Waals surface area contributed by atoms with Gasteiger partial charge in [0.05, 0.1) is 12.0 Å². The molecule has 0 fully saturated rings. The second-order valence-corrected chi connectivity index (χ2v) is 8.06. The van der Waals surface area contributed by atoms with Crippen LogP contribution in [0.3, 0.4) is 0 Å². The molecule has 0 bridgehead atoms. The highest BCUT2D eigenvalue weighted by molar-refractivity contribution is 7.90. The predicted molar refractivity (Wildman–Crippen MR) is 99.2 cm³/mol. The summed E-state index contributed by atoms with van der Waals surface area (Å²) in [7, 11) is -1.25. The minimum atomic E-state index is -4.25. The van der Waals surface area contributed by atoms with Crippen LogP contribution in [0.2, 0.25) is 0 Å². The van der Waals surface area contributed by atoms with Gasteiger partial charge >= 0.3 is 0 Å². The molecular formula is C19H19F3N2O3S. The van der Waals surface area contributed by atoms with Crippen molar-refractivity contribution in [3.05, 3.63) is 65.3 Å². The van der Waals surface area contributed by atoms with Gasteiger partial charge < -0.3 is 10.1 Å². The third kappa shape index (κ3) is 3.59. The maximum atomic E-state index is 14.6. The van der Waals surface area contributed by atoms with E-state index >= 15 is 0 Å². The van der Waals surface area contributed by atoms with Crippen molar-refractivity contribution in [2.45, 2.75) is 24.3 Å². The Morgan fingerprint density at radius 2 is 1.96 bits per heavy atom. The maximum Gasteiger partial charge on any atom is 0.268 e. The van der Waals surface area contributed by atoms with E-state index in [1.807, 2.05) is 0 Å². The summed E-state index contributed by atoms with van der Waals surface area (Å²) in [4.78, 5) is -0.291. The number of benzene rings is 1. The molecule has 1 aromatic heterocycles. The third-order valence-corrected chi connectivity index (χ3v) is 6.05. The average molecular weight is 412 g/mol. The van der Waals surface area contributed by atoms with Gasteiger partial charge in [-0.2, -0.15) is 0 Å². The molecule has 0 aliphatic heterocycles. The first kappa shape index (κ1) is 20.2. The summed E-state index contributed by atoms with van der Waals surface area (Å²) >= 11 is 0. The quantitative estimate of drug-likeness (QED) is 0.781. The lowest BCUT2D eigenvalue weighted by Gasteiger charge is -2.17. The van der Waals surface area contributed by atoms with Gasteiger partial charge in [0.15, 0.2) is 0 Å². The zero-order valence-electron chi connectivity index (χ0n) is 15.3. The van der Waals surface area contributed by atoms with E-state index in [4.69, 9.17) is 4.74 Å². The second kappa shape index (κ2) is 7.84. The highest BCUT2D eigenvalue weighted by atomic mass is 32.2. The number of aromatic nitrogens is 1. The van der Waals surface area contributed by atoms with Crippen molar-refractivity contribution >= 4 is 15.6 Å². The lowest BCUT2D eigenvalue weighted by Crippen LogP contribution is -2.16. The van der Waals surface area contributed by atoms with Crippen molar-refractivity contribution < 1.29 is 26.3 Å². The molecule has 5 nitrogen and oxygen atoms in total. The lowest BCUT2D eigenvalue weighted by molar-refractivity contribution is 0.407. The predicted octanol–water partition coefficient (Wildman–Crippen LogP) is 3.92. The van der Waals surface area contributed by atoms with Gasteiger partial charge in [-0.15, -0.1) is 0 Å². The number of hydrogen-bond acceptors (Lipinski definition) is 4. The number of halogens is 3. The number of nitrogens with zero attached hydrogens (tertiary/aromatic N) is 1. The molecule has 1 N–H and O–H groups in total. The summed E-state index contributed by atoms with van der Waals surface area (Å²) in [6, 6.07) is 4.53. The van der Waals surface area contributed by atoms with E-state index in [9.17, 15) is 21.6 Å². The first-order valence-electron chi connectivity index (χ1n) is 8.48. The summed E-state index contributed by atoms with van der Waals surface area (Å²) < 4.78 is 74.3. The first-order valence-corrected chi connectivity index (χ1v) is 9.92. The molecular weight excluding hydrogens is 393 g/mol. The van der Waals surface area contributed by atoms with Crippen LogP contribution >= 0.6 is 0 Å². The summed E-state index contributed by atoms with van der Waals surface area (Å²) in [6.45, 7) is 0.251. The van der Waals surface area contributed by atoms with Gasteiger partial charge in [-0.3, -0.25) is 0 Å². The fourth-order valence-corrected chi connectivity index (χ4v) is 4.59. The van der Waals surface area contributed by atoms with E-state index in [1.54, 1.807) is 7.05 Å². The summed E-state index contributed by atoms with van der Waals surface area (Å²) in [5.41, 5.74) is 0.453. The Morgan fingerprint density at radius 1 is 1.21 bits per heavy atom. The van der Waals surface area contributed by atoms with Gasteiger partial charge in [0.25, 0.3) is 10.0 Å². The molecule has 0 atom stereocenters. The summed E-state index contributed by atoms with van der Waals surface area (Å²) in [6.07, 6.45) is 1.95. The van der Waals surface area contributed by atoms with Crippen LogP contribution in [0.15, 0.2) is 53.1 Å². The molecule has 3 rings (SSSR count). The number of methoxy groups -OCH3 is 1. The number of rotatable bonds is 6. The largest absolute Gasteiger partial charge is 0.494 e. The Hall–Kier alpha value is -2.52. The summed E-state index contributed by atoms with van der Waals surface area (Å²) in [5.74, 6) is -2.05. The molecule has 0 saturated carbocycles. The van der Waals surface area contributed by atoms with Gasteiger partial charge in [0.2, 0.25) is 0 Å². The SMILES string of the molecule is CNCc1cn(S(=O)(=O)c2cccc(F)c2)c(C2=C(F)C=C(F)CC2)c1OC. The van der Waals surface area contributed by atoms with E-state index in [1.165, 1.54) is 25.4 Å².